The molecule has 0 aliphatic carbocycles. The van der Waals surface area contributed by atoms with E-state index in [0.29, 0.717) is 6.42 Å². The lowest BCUT2D eigenvalue weighted by Crippen LogP contribution is -1.81. The Kier molecular flexibility index (Phi) is 23.1. The summed E-state index contributed by atoms with van der Waals surface area (Å²) >= 11 is 0. The third-order valence-corrected chi connectivity index (χ3v) is 0.498. The van der Waals surface area contributed by atoms with Crippen molar-refractivity contribution in [1.29, 1.82) is 0 Å². The minimum Gasteiger partial charge on any atom is -0.450 e. The fourth-order valence-electron chi connectivity index (χ4n) is 0. The molecule has 0 amide bonds. The van der Waals surface area contributed by atoms with Crippen LogP contribution in [0.25, 0.3) is 0 Å². The highest BCUT2D eigenvalue weighted by atomic mass is 16.6. The summed E-state index contributed by atoms with van der Waals surface area (Å²) in [6, 6.07) is 0. The van der Waals surface area contributed by atoms with Crippen molar-refractivity contribution in [2.75, 3.05) is 0 Å². The molecule has 0 saturated heterocycles. The molecule has 0 rings (SSSR count). The number of ketones is 1. The molecule has 0 bridgehead atoms. The molecule has 0 aromatic carbocycles. The number of carbonyl (C=O) groups excluding carboxylic acids is 1. The Balaban J connectivity index is -0.000000105. The van der Waals surface area contributed by atoms with Gasteiger partial charge < -0.3 is 15.0 Å². The van der Waals surface area contributed by atoms with Gasteiger partial charge in [0, 0.05) is 6.42 Å². The van der Waals surface area contributed by atoms with Gasteiger partial charge in [-0.3, -0.25) is 0 Å². The van der Waals surface area contributed by atoms with Crippen LogP contribution < -0.4 is 0 Å². The first kappa shape index (κ1) is 17.0. The third-order valence-electron chi connectivity index (χ3n) is 0.498. The van der Waals surface area contributed by atoms with E-state index in [1.54, 1.807) is 13.0 Å². The normalized spacial score (nSPS) is 6.25. The molecule has 0 aliphatic rings. The van der Waals surface area contributed by atoms with E-state index in [1.165, 1.54) is 0 Å². The smallest absolute Gasteiger partial charge is 0.450 e. The number of carbonyl (C=O) groups is 2. The Morgan fingerprint density at radius 3 is 1.50 bits per heavy atom. The first-order valence-electron chi connectivity index (χ1n) is 3.40. The topological polar surface area (TPSA) is 74.6 Å². The Hall–Kier alpha value is -1.32. The molecule has 0 aliphatic heterocycles. The zero-order valence-electron chi connectivity index (χ0n) is 7.70. The van der Waals surface area contributed by atoms with Gasteiger partial charge in [-0.25, -0.2) is 4.79 Å². The van der Waals surface area contributed by atoms with Crippen LogP contribution in [0.2, 0.25) is 0 Å². The number of hydrogen-bond acceptors (Lipinski definition) is 2. The van der Waals surface area contributed by atoms with E-state index in [-0.39, 0.29) is 5.78 Å². The molecule has 0 saturated carbocycles. The molecule has 4 nitrogen and oxygen atoms in total. The van der Waals surface area contributed by atoms with Gasteiger partial charge in [-0.2, -0.15) is 0 Å². The minimum atomic E-state index is -1.83. The zero-order chi connectivity index (χ0) is 10.6. The van der Waals surface area contributed by atoms with E-state index in [2.05, 4.69) is 6.58 Å². The quantitative estimate of drug-likeness (QED) is 0.601. The van der Waals surface area contributed by atoms with Crippen LogP contribution in [0.5, 0.6) is 0 Å². The van der Waals surface area contributed by atoms with E-state index < -0.39 is 6.16 Å². The molecule has 4 heteroatoms. The molecule has 2 N–H and O–H groups in total. The molecular formula is C8H16O4. The van der Waals surface area contributed by atoms with Gasteiger partial charge in [-0.05, 0) is 13.8 Å². The highest BCUT2D eigenvalue weighted by Crippen LogP contribution is 1.71. The standard InChI is InChI=1S/C4H8O.C3H6.CH2O3/c1-3-4(2)5;1-3-2;2-1(3)4/h3H2,1-2H3;3H,1H2,2H3;(H2,2,3,4). The predicted octanol–water partition coefficient (Wildman–Crippen LogP) is 2.40. The summed E-state index contributed by atoms with van der Waals surface area (Å²) < 4.78 is 0. The maximum atomic E-state index is 9.81. The lowest BCUT2D eigenvalue weighted by Gasteiger charge is -1.71. The van der Waals surface area contributed by atoms with Gasteiger partial charge in [0.2, 0.25) is 0 Å². The maximum Gasteiger partial charge on any atom is 0.503 e. The van der Waals surface area contributed by atoms with Crippen LogP contribution >= 0.6 is 0 Å². The number of allylic oxidation sites excluding steroid dienone is 1. The number of carboxylic acid groups (broad SMARTS) is 2. The second-order valence-electron chi connectivity index (χ2n) is 1.75. The third kappa shape index (κ3) is 1110. The van der Waals surface area contributed by atoms with Crippen molar-refractivity contribution in [1.82, 2.24) is 0 Å². The summed E-state index contributed by atoms with van der Waals surface area (Å²) in [7, 11) is 0. The highest BCUT2D eigenvalue weighted by molar-refractivity contribution is 5.74. The summed E-state index contributed by atoms with van der Waals surface area (Å²) in [5.41, 5.74) is 0. The first-order valence-corrected chi connectivity index (χ1v) is 3.40. The molecular weight excluding hydrogens is 160 g/mol. The van der Waals surface area contributed by atoms with Gasteiger partial charge >= 0.3 is 6.16 Å². The van der Waals surface area contributed by atoms with E-state index in [1.807, 2.05) is 13.8 Å². The van der Waals surface area contributed by atoms with Gasteiger partial charge in [-0.15, -0.1) is 6.58 Å². The summed E-state index contributed by atoms with van der Waals surface area (Å²) in [6.45, 7) is 8.68. The van der Waals surface area contributed by atoms with E-state index in [9.17, 15) is 4.79 Å². The van der Waals surface area contributed by atoms with Gasteiger partial charge in [0.25, 0.3) is 0 Å². The Labute approximate surface area is 72.5 Å². The van der Waals surface area contributed by atoms with Crippen molar-refractivity contribution < 1.29 is 19.8 Å². The van der Waals surface area contributed by atoms with Gasteiger partial charge in [0.1, 0.15) is 5.78 Å². The monoisotopic (exact) mass is 176 g/mol. The van der Waals surface area contributed by atoms with Crippen LogP contribution in [0.3, 0.4) is 0 Å². The molecule has 0 radical (unpaired) electrons. The van der Waals surface area contributed by atoms with Gasteiger partial charge in [-0.1, -0.05) is 13.0 Å². The summed E-state index contributed by atoms with van der Waals surface area (Å²) in [5.74, 6) is 0.255. The van der Waals surface area contributed by atoms with Crippen LogP contribution in [-0.2, 0) is 4.79 Å². The number of hydrogen-bond donors (Lipinski definition) is 2. The van der Waals surface area contributed by atoms with Crippen molar-refractivity contribution >= 4 is 11.9 Å². The van der Waals surface area contributed by atoms with Crippen LogP contribution in [-0.4, -0.2) is 22.2 Å². The Bertz CT molecular complexity index is 125. The average molecular weight is 176 g/mol. The van der Waals surface area contributed by atoms with E-state index in [4.69, 9.17) is 15.0 Å². The van der Waals surface area contributed by atoms with Crippen molar-refractivity contribution in [2.24, 2.45) is 0 Å². The van der Waals surface area contributed by atoms with Crippen molar-refractivity contribution in [3.8, 4) is 0 Å². The van der Waals surface area contributed by atoms with Crippen LogP contribution in [0.4, 0.5) is 4.79 Å². The Morgan fingerprint density at radius 2 is 1.50 bits per heavy atom. The van der Waals surface area contributed by atoms with Crippen LogP contribution in [0, 0.1) is 0 Å². The lowest BCUT2D eigenvalue weighted by atomic mass is 10.4. The highest BCUT2D eigenvalue weighted by Gasteiger charge is 1.76. The van der Waals surface area contributed by atoms with Gasteiger partial charge in [0.05, 0.1) is 0 Å². The summed E-state index contributed by atoms with van der Waals surface area (Å²) in [6.07, 6.45) is 0.583. The van der Waals surface area contributed by atoms with Crippen molar-refractivity contribution in [2.45, 2.75) is 27.2 Å². The van der Waals surface area contributed by atoms with Crippen LogP contribution in [0.15, 0.2) is 12.7 Å². The SMILES string of the molecule is C=CC.CCC(C)=O.O=C(O)O. The first-order chi connectivity index (χ1) is 5.42. The number of Topliss-reactive ketones (excluding diaryl/α,β-unsaturated/α-hetero) is 1. The molecule has 0 spiro atoms. The minimum absolute atomic E-state index is 0.255. The van der Waals surface area contributed by atoms with Crippen molar-refractivity contribution in [3.63, 3.8) is 0 Å². The van der Waals surface area contributed by atoms with Crippen molar-refractivity contribution in [3.05, 3.63) is 12.7 Å². The maximum absolute atomic E-state index is 9.81. The van der Waals surface area contributed by atoms with Crippen LogP contribution in [0.1, 0.15) is 27.2 Å². The molecule has 12 heavy (non-hydrogen) atoms. The van der Waals surface area contributed by atoms with Gasteiger partial charge in [0.15, 0.2) is 0 Å². The average Bonchev–Trinajstić information content (AvgIpc) is 1.88. The van der Waals surface area contributed by atoms with E-state index in [0.717, 1.165) is 0 Å². The summed E-state index contributed by atoms with van der Waals surface area (Å²) in [4.78, 5) is 18.4. The fraction of sp³-hybridized carbons (Fsp3) is 0.500. The lowest BCUT2D eigenvalue weighted by molar-refractivity contribution is -0.116. The second kappa shape index (κ2) is 16.3. The molecule has 0 heterocycles. The summed E-state index contributed by atoms with van der Waals surface area (Å²) in [5, 5.41) is 13.9. The second-order valence-corrected chi connectivity index (χ2v) is 1.75. The fourth-order valence-corrected chi connectivity index (χ4v) is 0. The molecule has 0 atom stereocenters. The number of rotatable bonds is 1. The molecule has 0 aromatic rings. The van der Waals surface area contributed by atoms with E-state index >= 15 is 0 Å². The molecule has 72 valence electrons. The molecule has 0 unspecified atom stereocenters. The molecule has 0 aromatic heterocycles. The predicted molar refractivity (Wildman–Crippen MR) is 47.5 cm³/mol. The zero-order valence-corrected chi connectivity index (χ0v) is 7.70. The molecule has 0 fully saturated rings. The largest absolute Gasteiger partial charge is 0.503 e. The Morgan fingerprint density at radius 1 is 1.42 bits per heavy atom.